The summed E-state index contributed by atoms with van der Waals surface area (Å²) in [6.45, 7) is 1.40. The fourth-order valence-electron chi connectivity index (χ4n) is 4.26. The molecule has 0 fully saturated rings. The number of aromatic amines is 1. The summed E-state index contributed by atoms with van der Waals surface area (Å²) in [6.07, 6.45) is -5.76. The fraction of sp³-hybridized carbons (Fsp3) is 0.286. The minimum absolute atomic E-state index is 0.0232. The zero-order valence-corrected chi connectivity index (χ0v) is 15.7. The number of aromatic nitrogens is 1. The van der Waals surface area contributed by atoms with E-state index in [-0.39, 0.29) is 22.4 Å². The lowest BCUT2D eigenvalue weighted by Gasteiger charge is -2.45. The summed E-state index contributed by atoms with van der Waals surface area (Å²) in [4.78, 5) is 14.2. The average Bonchev–Trinajstić information content (AvgIpc) is 2.66. The van der Waals surface area contributed by atoms with Crippen molar-refractivity contribution in [1.82, 2.24) is 4.98 Å². The molecule has 0 aliphatic heterocycles. The lowest BCUT2D eigenvalue weighted by Crippen LogP contribution is -2.55. The molecule has 0 unspecified atom stereocenters. The van der Waals surface area contributed by atoms with Crippen LogP contribution >= 0.6 is 0 Å². The van der Waals surface area contributed by atoms with E-state index in [9.17, 15) is 32.6 Å². The Bertz CT molecular complexity index is 1190. The second kappa shape index (κ2) is 6.73. The number of hydrogen-bond donors (Lipinski definition) is 4. The normalized spacial score (nSPS) is 23.9. The van der Waals surface area contributed by atoms with Crippen LogP contribution in [0.3, 0.4) is 0 Å². The summed E-state index contributed by atoms with van der Waals surface area (Å²) >= 11 is 0. The Hall–Kier alpha value is -3.07. The van der Waals surface area contributed by atoms with Crippen LogP contribution < -0.4 is 10.9 Å². The molecule has 30 heavy (non-hydrogen) atoms. The van der Waals surface area contributed by atoms with Crippen LogP contribution in [0.4, 0.5) is 23.2 Å². The van der Waals surface area contributed by atoms with Crippen LogP contribution in [-0.2, 0) is 0 Å². The molecule has 158 valence electrons. The van der Waals surface area contributed by atoms with Gasteiger partial charge in [-0.25, -0.2) is 4.39 Å². The number of phenolic OH excluding ortho intramolecular Hbond substituents is 1. The van der Waals surface area contributed by atoms with Crippen molar-refractivity contribution < 1.29 is 27.8 Å². The molecule has 1 aliphatic rings. The van der Waals surface area contributed by atoms with E-state index in [0.717, 1.165) is 12.1 Å². The Morgan fingerprint density at radius 2 is 1.90 bits per heavy atom. The standard InChI is InChI=1S/C21H18F4N2O3/c1-10-9-20(30,21(23,24)25)19(12-5-7-13(22)18(29)17(10)12)27-15-4-2-3-14-11(15)6-8-16(28)26-14/h2-8,10,19,27,29-30H,9H2,1H3,(H,26,28)/t10-,19+,20+/m1/s1. The van der Waals surface area contributed by atoms with Crippen molar-refractivity contribution in [3.63, 3.8) is 0 Å². The van der Waals surface area contributed by atoms with E-state index in [0.29, 0.717) is 10.9 Å². The monoisotopic (exact) mass is 422 g/mol. The highest BCUT2D eigenvalue weighted by Crippen LogP contribution is 2.54. The van der Waals surface area contributed by atoms with Gasteiger partial charge in [0.1, 0.15) is 0 Å². The molecule has 3 atom stereocenters. The van der Waals surface area contributed by atoms with Gasteiger partial charge >= 0.3 is 6.18 Å². The molecular formula is C21H18F4N2O3. The van der Waals surface area contributed by atoms with Gasteiger partial charge in [0.15, 0.2) is 17.2 Å². The quantitative estimate of drug-likeness (QED) is 0.463. The van der Waals surface area contributed by atoms with Gasteiger partial charge in [0.25, 0.3) is 0 Å². The average molecular weight is 422 g/mol. The minimum atomic E-state index is -5.00. The molecule has 4 rings (SSSR count). The van der Waals surface area contributed by atoms with Crippen LogP contribution in [0.1, 0.15) is 36.4 Å². The van der Waals surface area contributed by atoms with Gasteiger partial charge in [0.2, 0.25) is 5.56 Å². The van der Waals surface area contributed by atoms with Gasteiger partial charge in [-0.2, -0.15) is 13.2 Å². The van der Waals surface area contributed by atoms with Gasteiger partial charge in [-0.3, -0.25) is 4.79 Å². The molecule has 0 radical (unpaired) electrons. The summed E-state index contributed by atoms with van der Waals surface area (Å²) in [5, 5.41) is 24.1. The van der Waals surface area contributed by atoms with Crippen LogP contribution in [0, 0.1) is 5.82 Å². The third-order valence-electron chi connectivity index (χ3n) is 5.66. The summed E-state index contributed by atoms with van der Waals surface area (Å²) in [5.41, 5.74) is -2.93. The molecule has 3 aromatic rings. The topological polar surface area (TPSA) is 85.4 Å². The Kier molecular flexibility index (Phi) is 4.54. The number of nitrogens with one attached hydrogen (secondary N) is 2. The molecule has 2 aromatic carbocycles. The smallest absolute Gasteiger partial charge is 0.419 e. The van der Waals surface area contributed by atoms with Gasteiger partial charge in [-0.05, 0) is 42.2 Å². The van der Waals surface area contributed by atoms with Crippen LogP contribution in [0.25, 0.3) is 10.9 Å². The van der Waals surface area contributed by atoms with Gasteiger partial charge < -0.3 is 20.5 Å². The van der Waals surface area contributed by atoms with E-state index in [2.05, 4.69) is 10.3 Å². The van der Waals surface area contributed by atoms with Crippen molar-refractivity contribution >= 4 is 16.6 Å². The second-order valence-corrected chi connectivity index (χ2v) is 7.59. The van der Waals surface area contributed by atoms with Crippen molar-refractivity contribution in [2.24, 2.45) is 0 Å². The van der Waals surface area contributed by atoms with Gasteiger partial charge in [0, 0.05) is 22.7 Å². The van der Waals surface area contributed by atoms with E-state index in [1.54, 1.807) is 12.1 Å². The number of aliphatic hydroxyl groups is 1. The molecule has 1 aliphatic carbocycles. The highest BCUT2D eigenvalue weighted by atomic mass is 19.4. The summed E-state index contributed by atoms with van der Waals surface area (Å²) in [7, 11) is 0. The number of phenols is 1. The molecule has 1 aromatic heterocycles. The predicted octanol–water partition coefficient (Wildman–Crippen LogP) is 4.33. The largest absolute Gasteiger partial charge is 0.505 e. The zero-order valence-electron chi connectivity index (χ0n) is 15.7. The van der Waals surface area contributed by atoms with Crippen LogP contribution in [0.5, 0.6) is 5.75 Å². The summed E-state index contributed by atoms with van der Waals surface area (Å²) < 4.78 is 56.0. The first-order valence-electron chi connectivity index (χ1n) is 9.22. The van der Waals surface area contributed by atoms with Crippen LogP contribution in [0.15, 0.2) is 47.3 Å². The summed E-state index contributed by atoms with van der Waals surface area (Å²) in [6, 6.07) is 7.64. The molecule has 4 N–H and O–H groups in total. The van der Waals surface area contributed by atoms with Crippen molar-refractivity contribution in [2.45, 2.75) is 37.1 Å². The molecule has 9 heteroatoms. The molecule has 0 bridgehead atoms. The Morgan fingerprint density at radius 3 is 2.60 bits per heavy atom. The first kappa shape index (κ1) is 20.2. The molecular weight excluding hydrogens is 404 g/mol. The maximum atomic E-state index is 14.0. The van der Waals surface area contributed by atoms with E-state index in [1.165, 1.54) is 25.1 Å². The van der Waals surface area contributed by atoms with E-state index in [4.69, 9.17) is 0 Å². The zero-order chi connectivity index (χ0) is 21.8. The summed E-state index contributed by atoms with van der Waals surface area (Å²) in [5.74, 6) is -2.61. The molecule has 0 amide bonds. The number of hydrogen-bond acceptors (Lipinski definition) is 4. The van der Waals surface area contributed by atoms with E-state index >= 15 is 0 Å². The third-order valence-corrected chi connectivity index (χ3v) is 5.66. The fourth-order valence-corrected chi connectivity index (χ4v) is 4.26. The highest BCUT2D eigenvalue weighted by molar-refractivity contribution is 5.91. The number of fused-ring (bicyclic) bond motifs is 2. The number of pyridine rings is 1. The van der Waals surface area contributed by atoms with Gasteiger partial charge in [0.05, 0.1) is 11.6 Å². The SMILES string of the molecule is C[C@@H]1C[C@@](O)(C(F)(F)F)[C@@H](Nc2cccc3[nH]c(=O)ccc23)c2ccc(F)c(O)c21. The van der Waals surface area contributed by atoms with Gasteiger partial charge in [-0.15, -0.1) is 0 Å². The predicted molar refractivity (Wildman–Crippen MR) is 103 cm³/mol. The molecule has 0 spiro atoms. The number of rotatable bonds is 2. The van der Waals surface area contributed by atoms with Crippen molar-refractivity contribution in [2.75, 3.05) is 5.32 Å². The lowest BCUT2D eigenvalue weighted by atomic mass is 9.70. The Balaban J connectivity index is 1.93. The Labute approximate surface area is 168 Å². The molecule has 5 nitrogen and oxygen atoms in total. The number of halogens is 4. The maximum Gasteiger partial charge on any atom is 0.419 e. The number of aromatic hydroxyl groups is 1. The van der Waals surface area contributed by atoms with Crippen molar-refractivity contribution in [3.05, 3.63) is 69.8 Å². The third kappa shape index (κ3) is 3.00. The van der Waals surface area contributed by atoms with Crippen LogP contribution in [-0.4, -0.2) is 27.0 Å². The maximum absolute atomic E-state index is 14.0. The first-order chi connectivity index (χ1) is 14.0. The molecule has 0 saturated carbocycles. The first-order valence-corrected chi connectivity index (χ1v) is 9.22. The number of benzene rings is 2. The van der Waals surface area contributed by atoms with Crippen molar-refractivity contribution in [3.8, 4) is 5.75 Å². The number of alkyl halides is 3. The van der Waals surface area contributed by atoms with E-state index < -0.39 is 41.7 Å². The number of anilines is 1. The van der Waals surface area contributed by atoms with Gasteiger partial charge in [-0.1, -0.05) is 19.1 Å². The minimum Gasteiger partial charge on any atom is -0.505 e. The van der Waals surface area contributed by atoms with Crippen molar-refractivity contribution in [1.29, 1.82) is 0 Å². The second-order valence-electron chi connectivity index (χ2n) is 7.59. The highest BCUT2D eigenvalue weighted by Gasteiger charge is 2.62. The lowest BCUT2D eigenvalue weighted by molar-refractivity contribution is -0.272. The van der Waals surface area contributed by atoms with E-state index in [1.807, 2.05) is 0 Å². The molecule has 0 saturated heterocycles. The molecule has 1 heterocycles. The number of H-pyrrole nitrogens is 1. The van der Waals surface area contributed by atoms with Crippen LogP contribution in [0.2, 0.25) is 0 Å². The Morgan fingerprint density at radius 1 is 1.17 bits per heavy atom.